The standard InChI is InChI=1S/C20H21N3O3/c1-25-14-15-26-18-10-8-17(9-11-18)22-20(24)19(23-13-5-12-21-23)16-6-3-2-4-7-16/h2-13,19H,14-15H2,1H3,(H,22,24). The maximum Gasteiger partial charge on any atom is 0.253 e. The molecule has 1 unspecified atom stereocenters. The number of nitrogens with zero attached hydrogens (tertiary/aromatic N) is 2. The van der Waals surface area contributed by atoms with E-state index in [2.05, 4.69) is 10.4 Å². The first kappa shape index (κ1) is 17.7. The van der Waals surface area contributed by atoms with E-state index in [4.69, 9.17) is 9.47 Å². The predicted molar refractivity (Wildman–Crippen MR) is 99.3 cm³/mol. The smallest absolute Gasteiger partial charge is 0.253 e. The first-order chi connectivity index (χ1) is 12.8. The van der Waals surface area contributed by atoms with E-state index in [0.717, 1.165) is 11.3 Å². The summed E-state index contributed by atoms with van der Waals surface area (Å²) in [6.07, 6.45) is 3.44. The lowest BCUT2D eigenvalue weighted by atomic mass is 10.1. The van der Waals surface area contributed by atoms with Crippen LogP contribution < -0.4 is 10.1 Å². The summed E-state index contributed by atoms with van der Waals surface area (Å²) >= 11 is 0. The second-order valence-corrected chi connectivity index (χ2v) is 5.65. The number of nitrogens with one attached hydrogen (secondary N) is 1. The quantitative estimate of drug-likeness (QED) is 0.633. The van der Waals surface area contributed by atoms with E-state index in [1.54, 1.807) is 30.3 Å². The van der Waals surface area contributed by atoms with E-state index in [0.29, 0.717) is 18.9 Å². The average Bonchev–Trinajstić information content (AvgIpc) is 3.19. The van der Waals surface area contributed by atoms with Crippen molar-refractivity contribution in [1.29, 1.82) is 0 Å². The second-order valence-electron chi connectivity index (χ2n) is 5.65. The van der Waals surface area contributed by atoms with Crippen molar-refractivity contribution in [3.8, 4) is 5.75 Å². The van der Waals surface area contributed by atoms with E-state index in [-0.39, 0.29) is 5.91 Å². The van der Waals surface area contributed by atoms with Crippen molar-refractivity contribution < 1.29 is 14.3 Å². The monoisotopic (exact) mass is 351 g/mol. The zero-order valence-electron chi connectivity index (χ0n) is 14.5. The van der Waals surface area contributed by atoms with Crippen LogP contribution >= 0.6 is 0 Å². The largest absolute Gasteiger partial charge is 0.491 e. The third-order valence-electron chi connectivity index (χ3n) is 3.83. The average molecular weight is 351 g/mol. The molecule has 0 aliphatic carbocycles. The molecule has 1 aromatic heterocycles. The summed E-state index contributed by atoms with van der Waals surface area (Å²) in [5.41, 5.74) is 1.57. The molecule has 6 nitrogen and oxygen atoms in total. The third kappa shape index (κ3) is 4.49. The fraction of sp³-hybridized carbons (Fsp3) is 0.200. The number of ether oxygens (including phenoxy) is 2. The lowest BCUT2D eigenvalue weighted by molar-refractivity contribution is -0.118. The Bertz CT molecular complexity index is 802. The lowest BCUT2D eigenvalue weighted by Gasteiger charge is -2.18. The predicted octanol–water partition coefficient (Wildman–Crippen LogP) is 3.14. The van der Waals surface area contributed by atoms with Crippen LogP contribution in [0.15, 0.2) is 73.1 Å². The van der Waals surface area contributed by atoms with Crippen LogP contribution in [0.1, 0.15) is 11.6 Å². The van der Waals surface area contributed by atoms with Gasteiger partial charge in [-0.25, -0.2) is 0 Å². The number of carbonyl (C=O) groups is 1. The Labute approximate surface area is 152 Å². The highest BCUT2D eigenvalue weighted by Gasteiger charge is 2.22. The molecule has 1 amide bonds. The summed E-state index contributed by atoms with van der Waals surface area (Å²) < 4.78 is 12.1. The van der Waals surface area contributed by atoms with Crippen LogP contribution in [-0.2, 0) is 9.53 Å². The van der Waals surface area contributed by atoms with Crippen molar-refractivity contribution in [2.45, 2.75) is 6.04 Å². The fourth-order valence-corrected chi connectivity index (χ4v) is 2.58. The van der Waals surface area contributed by atoms with Gasteiger partial charge < -0.3 is 14.8 Å². The van der Waals surface area contributed by atoms with E-state index in [1.165, 1.54) is 0 Å². The maximum atomic E-state index is 12.9. The molecule has 1 heterocycles. The molecule has 0 saturated heterocycles. The van der Waals surface area contributed by atoms with E-state index in [9.17, 15) is 4.79 Å². The molecular formula is C20H21N3O3. The molecule has 1 atom stereocenters. The summed E-state index contributed by atoms with van der Waals surface area (Å²) in [5.74, 6) is 0.569. The van der Waals surface area contributed by atoms with Crippen molar-refractivity contribution in [3.05, 3.63) is 78.6 Å². The molecule has 0 bridgehead atoms. The summed E-state index contributed by atoms with van der Waals surface area (Å²) in [6, 6.07) is 18.1. The van der Waals surface area contributed by atoms with Gasteiger partial charge in [-0.1, -0.05) is 30.3 Å². The zero-order chi connectivity index (χ0) is 18.2. The number of amides is 1. The van der Waals surface area contributed by atoms with Gasteiger partial charge in [0.1, 0.15) is 12.4 Å². The Kier molecular flexibility index (Phi) is 6.01. The number of anilines is 1. The van der Waals surface area contributed by atoms with Gasteiger partial charge in [0.15, 0.2) is 6.04 Å². The Morgan fingerprint density at radius 2 is 1.85 bits per heavy atom. The molecule has 0 aliphatic rings. The SMILES string of the molecule is COCCOc1ccc(NC(=O)C(c2ccccc2)n2cccn2)cc1. The fourth-order valence-electron chi connectivity index (χ4n) is 2.58. The van der Waals surface area contributed by atoms with Crippen molar-refractivity contribution in [2.75, 3.05) is 25.6 Å². The van der Waals surface area contributed by atoms with Crippen LogP contribution in [0.2, 0.25) is 0 Å². The number of hydrogen-bond acceptors (Lipinski definition) is 4. The van der Waals surface area contributed by atoms with Gasteiger partial charge in [0.05, 0.1) is 6.61 Å². The molecule has 0 saturated carbocycles. The molecule has 3 rings (SSSR count). The van der Waals surface area contributed by atoms with Crippen molar-refractivity contribution in [3.63, 3.8) is 0 Å². The number of aromatic nitrogens is 2. The van der Waals surface area contributed by atoms with Gasteiger partial charge in [-0.05, 0) is 35.9 Å². The summed E-state index contributed by atoms with van der Waals surface area (Å²) in [6.45, 7) is 1.01. The van der Waals surface area contributed by atoms with Crippen molar-refractivity contribution in [1.82, 2.24) is 9.78 Å². The van der Waals surface area contributed by atoms with E-state index in [1.807, 2.05) is 54.6 Å². The van der Waals surface area contributed by atoms with Crippen LogP contribution in [0.4, 0.5) is 5.69 Å². The van der Waals surface area contributed by atoms with Gasteiger partial charge in [0.25, 0.3) is 5.91 Å². The summed E-state index contributed by atoms with van der Waals surface area (Å²) in [7, 11) is 1.63. The molecule has 6 heteroatoms. The molecule has 26 heavy (non-hydrogen) atoms. The molecule has 0 fully saturated rings. The summed E-state index contributed by atoms with van der Waals surface area (Å²) in [5, 5.41) is 7.18. The Morgan fingerprint density at radius 3 is 2.50 bits per heavy atom. The van der Waals surface area contributed by atoms with Gasteiger partial charge >= 0.3 is 0 Å². The molecule has 0 radical (unpaired) electrons. The van der Waals surface area contributed by atoms with Crippen LogP contribution in [0, 0.1) is 0 Å². The minimum absolute atomic E-state index is 0.159. The Balaban J connectivity index is 1.72. The highest BCUT2D eigenvalue weighted by Crippen LogP contribution is 2.21. The van der Waals surface area contributed by atoms with Crippen LogP contribution in [-0.4, -0.2) is 36.0 Å². The van der Waals surface area contributed by atoms with Crippen molar-refractivity contribution >= 4 is 11.6 Å². The molecule has 1 N–H and O–H groups in total. The second kappa shape index (κ2) is 8.82. The topological polar surface area (TPSA) is 65.4 Å². The minimum atomic E-state index is -0.538. The molecule has 2 aromatic carbocycles. The molecular weight excluding hydrogens is 330 g/mol. The number of carbonyl (C=O) groups excluding carboxylic acids is 1. The maximum absolute atomic E-state index is 12.9. The summed E-state index contributed by atoms with van der Waals surface area (Å²) in [4.78, 5) is 12.9. The first-order valence-electron chi connectivity index (χ1n) is 8.34. The van der Waals surface area contributed by atoms with Gasteiger partial charge in [0, 0.05) is 25.2 Å². The van der Waals surface area contributed by atoms with Crippen LogP contribution in [0.3, 0.4) is 0 Å². The van der Waals surface area contributed by atoms with Crippen LogP contribution in [0.5, 0.6) is 5.75 Å². The highest BCUT2D eigenvalue weighted by atomic mass is 16.5. The lowest BCUT2D eigenvalue weighted by Crippen LogP contribution is -2.27. The normalized spacial score (nSPS) is 11.7. The highest BCUT2D eigenvalue weighted by molar-refractivity contribution is 5.95. The molecule has 0 spiro atoms. The van der Waals surface area contributed by atoms with Gasteiger partial charge in [-0.15, -0.1) is 0 Å². The number of methoxy groups -OCH3 is 1. The van der Waals surface area contributed by atoms with Gasteiger partial charge in [-0.2, -0.15) is 5.10 Å². The van der Waals surface area contributed by atoms with E-state index >= 15 is 0 Å². The van der Waals surface area contributed by atoms with E-state index < -0.39 is 6.04 Å². The minimum Gasteiger partial charge on any atom is -0.491 e. The number of benzene rings is 2. The Morgan fingerprint density at radius 1 is 1.08 bits per heavy atom. The molecule has 0 aliphatic heterocycles. The first-order valence-corrected chi connectivity index (χ1v) is 8.34. The molecule has 3 aromatic rings. The van der Waals surface area contributed by atoms with Gasteiger partial charge in [-0.3, -0.25) is 9.48 Å². The Hall–Kier alpha value is -3.12. The van der Waals surface area contributed by atoms with Crippen molar-refractivity contribution in [2.24, 2.45) is 0 Å². The zero-order valence-corrected chi connectivity index (χ0v) is 14.5. The number of hydrogen-bond donors (Lipinski definition) is 1. The van der Waals surface area contributed by atoms with Gasteiger partial charge in [0.2, 0.25) is 0 Å². The third-order valence-corrected chi connectivity index (χ3v) is 3.83. The number of rotatable bonds is 8. The van der Waals surface area contributed by atoms with Crippen LogP contribution in [0.25, 0.3) is 0 Å². The molecule has 134 valence electrons.